The third kappa shape index (κ3) is 3.77. The largest absolute Gasteiger partial charge is 0.317 e. The lowest BCUT2D eigenvalue weighted by Gasteiger charge is -2.30. The lowest BCUT2D eigenvalue weighted by Crippen LogP contribution is -2.37. The normalized spacial score (nSPS) is 20.2. The van der Waals surface area contributed by atoms with Gasteiger partial charge in [-0.25, -0.2) is 13.2 Å². The number of hydrogen-bond donors (Lipinski definition) is 1. The first kappa shape index (κ1) is 14.9. The van der Waals surface area contributed by atoms with Crippen molar-refractivity contribution in [3.63, 3.8) is 0 Å². The molecule has 0 atom stereocenters. The number of hydrogen-bond acceptors (Lipinski definition) is 2. The van der Waals surface area contributed by atoms with Gasteiger partial charge in [0.15, 0.2) is 11.6 Å². The van der Waals surface area contributed by atoms with Gasteiger partial charge in [0.25, 0.3) is 0 Å². The van der Waals surface area contributed by atoms with E-state index >= 15 is 0 Å². The highest BCUT2D eigenvalue weighted by atomic mass is 19.2. The Morgan fingerprint density at radius 3 is 2.29 bits per heavy atom. The zero-order valence-electron chi connectivity index (χ0n) is 12.0. The molecule has 2 aliphatic rings. The van der Waals surface area contributed by atoms with E-state index in [4.69, 9.17) is 0 Å². The van der Waals surface area contributed by atoms with Crippen LogP contribution in [-0.4, -0.2) is 30.6 Å². The van der Waals surface area contributed by atoms with Crippen LogP contribution in [0.15, 0.2) is 12.1 Å². The molecule has 1 aliphatic carbocycles. The Balaban J connectivity index is 1.68. The molecule has 2 nitrogen and oxygen atoms in total. The Hall–Kier alpha value is -1.07. The van der Waals surface area contributed by atoms with Crippen LogP contribution in [0.4, 0.5) is 13.2 Å². The minimum atomic E-state index is -1.12. The number of halogens is 3. The highest BCUT2D eigenvalue weighted by Gasteiger charge is 2.31. The second-order valence-electron chi connectivity index (χ2n) is 6.21. The van der Waals surface area contributed by atoms with Gasteiger partial charge < -0.3 is 5.32 Å². The Morgan fingerprint density at radius 2 is 1.62 bits per heavy atom. The molecule has 1 heterocycles. The van der Waals surface area contributed by atoms with Gasteiger partial charge >= 0.3 is 0 Å². The minimum Gasteiger partial charge on any atom is -0.317 e. The van der Waals surface area contributed by atoms with E-state index in [2.05, 4.69) is 10.2 Å². The van der Waals surface area contributed by atoms with Crippen molar-refractivity contribution in [1.29, 1.82) is 0 Å². The summed E-state index contributed by atoms with van der Waals surface area (Å²) in [4.78, 5) is 2.24. The van der Waals surface area contributed by atoms with Crippen molar-refractivity contribution in [2.24, 2.45) is 5.92 Å². The van der Waals surface area contributed by atoms with Crippen LogP contribution in [0.3, 0.4) is 0 Å². The summed E-state index contributed by atoms with van der Waals surface area (Å²) in [7, 11) is 0. The molecule has 0 unspecified atom stereocenters. The van der Waals surface area contributed by atoms with Crippen molar-refractivity contribution in [2.45, 2.75) is 38.3 Å². The molecule has 1 aromatic carbocycles. The molecule has 0 bridgehead atoms. The van der Waals surface area contributed by atoms with E-state index in [-0.39, 0.29) is 5.56 Å². The van der Waals surface area contributed by atoms with Gasteiger partial charge in [-0.05, 0) is 50.8 Å². The molecule has 21 heavy (non-hydrogen) atoms. The lowest BCUT2D eigenvalue weighted by molar-refractivity contribution is 0.188. The smallest absolute Gasteiger partial charge is 0.161 e. The van der Waals surface area contributed by atoms with Crippen molar-refractivity contribution in [3.05, 3.63) is 35.1 Å². The zero-order valence-corrected chi connectivity index (χ0v) is 12.0. The van der Waals surface area contributed by atoms with Gasteiger partial charge in [-0.15, -0.1) is 0 Å². The Morgan fingerprint density at radius 1 is 0.952 bits per heavy atom. The van der Waals surface area contributed by atoms with Gasteiger partial charge in [-0.1, -0.05) is 0 Å². The summed E-state index contributed by atoms with van der Waals surface area (Å²) in [6.45, 7) is 3.35. The van der Waals surface area contributed by atoms with E-state index in [1.165, 1.54) is 0 Å². The maximum Gasteiger partial charge on any atom is 0.161 e. The van der Waals surface area contributed by atoms with Crippen molar-refractivity contribution in [3.8, 4) is 0 Å². The van der Waals surface area contributed by atoms with Gasteiger partial charge in [0, 0.05) is 30.8 Å². The monoisotopic (exact) mass is 298 g/mol. The molecule has 0 spiro atoms. The molecule has 1 N–H and O–H groups in total. The molecule has 116 valence electrons. The second-order valence-corrected chi connectivity index (χ2v) is 6.21. The number of nitrogens with one attached hydrogen (secondary N) is 1. The first-order valence-electron chi connectivity index (χ1n) is 7.71. The van der Waals surface area contributed by atoms with Crippen LogP contribution in [0.2, 0.25) is 0 Å². The van der Waals surface area contributed by atoms with Crippen molar-refractivity contribution < 1.29 is 13.2 Å². The highest BCUT2D eigenvalue weighted by Crippen LogP contribution is 2.31. The number of piperidine rings is 1. The molecule has 1 saturated carbocycles. The summed E-state index contributed by atoms with van der Waals surface area (Å²) in [5.74, 6) is -2.12. The molecule has 5 heteroatoms. The van der Waals surface area contributed by atoms with Gasteiger partial charge in [-0.3, -0.25) is 4.90 Å². The van der Waals surface area contributed by atoms with Gasteiger partial charge in [0.1, 0.15) is 5.82 Å². The van der Waals surface area contributed by atoms with E-state index in [1.54, 1.807) is 0 Å². The number of nitrogens with zero attached hydrogens (tertiary/aromatic N) is 1. The van der Waals surface area contributed by atoms with E-state index in [9.17, 15) is 13.2 Å². The summed E-state index contributed by atoms with van der Waals surface area (Å²) >= 11 is 0. The standard InChI is InChI=1S/C16H21F3N2/c17-14-8-16(19)15(18)7-12(14)10-21(13-1-2-13)9-11-3-5-20-6-4-11/h7-8,11,13,20H,1-6,9-10H2. The topological polar surface area (TPSA) is 15.3 Å². The quantitative estimate of drug-likeness (QED) is 0.841. The SMILES string of the molecule is Fc1cc(F)c(CN(CC2CCNCC2)C2CC2)cc1F. The van der Waals surface area contributed by atoms with Gasteiger partial charge in [-0.2, -0.15) is 0 Å². The average molecular weight is 298 g/mol. The highest BCUT2D eigenvalue weighted by molar-refractivity contribution is 5.20. The number of rotatable bonds is 5. The molecule has 2 fully saturated rings. The summed E-state index contributed by atoms with van der Waals surface area (Å²) in [6.07, 6.45) is 4.50. The number of benzene rings is 1. The third-order valence-corrected chi connectivity index (χ3v) is 4.48. The van der Waals surface area contributed by atoms with Crippen LogP contribution in [0, 0.1) is 23.4 Å². The second kappa shape index (κ2) is 6.36. The van der Waals surface area contributed by atoms with Crippen LogP contribution in [0.5, 0.6) is 0 Å². The van der Waals surface area contributed by atoms with Crippen LogP contribution in [0.25, 0.3) is 0 Å². The Kier molecular flexibility index (Phi) is 4.50. The minimum absolute atomic E-state index is 0.259. The fourth-order valence-electron chi connectivity index (χ4n) is 3.08. The van der Waals surface area contributed by atoms with E-state index < -0.39 is 17.5 Å². The molecule has 1 aromatic rings. The van der Waals surface area contributed by atoms with Crippen molar-refractivity contribution >= 4 is 0 Å². The summed E-state index contributed by atoms with van der Waals surface area (Å²) in [6, 6.07) is 2.13. The van der Waals surface area contributed by atoms with Crippen LogP contribution < -0.4 is 5.32 Å². The van der Waals surface area contributed by atoms with Crippen LogP contribution >= 0.6 is 0 Å². The maximum absolute atomic E-state index is 13.8. The molecule has 0 amide bonds. The van der Waals surface area contributed by atoms with Crippen molar-refractivity contribution in [2.75, 3.05) is 19.6 Å². The van der Waals surface area contributed by atoms with Gasteiger partial charge in [0.05, 0.1) is 0 Å². The summed E-state index contributed by atoms with van der Waals surface area (Å²) in [5, 5.41) is 3.34. The average Bonchev–Trinajstić information content (AvgIpc) is 3.29. The van der Waals surface area contributed by atoms with Crippen LogP contribution in [-0.2, 0) is 6.54 Å². The predicted molar refractivity (Wildman–Crippen MR) is 75.3 cm³/mol. The molecular formula is C16H21F3N2. The maximum atomic E-state index is 13.8. The summed E-state index contributed by atoms with van der Waals surface area (Å²) < 4.78 is 40.1. The molecular weight excluding hydrogens is 277 g/mol. The fraction of sp³-hybridized carbons (Fsp3) is 0.625. The first-order chi connectivity index (χ1) is 10.1. The first-order valence-corrected chi connectivity index (χ1v) is 7.71. The molecule has 0 aromatic heterocycles. The third-order valence-electron chi connectivity index (χ3n) is 4.48. The Labute approximate surface area is 123 Å². The van der Waals surface area contributed by atoms with Crippen molar-refractivity contribution in [1.82, 2.24) is 10.2 Å². The van der Waals surface area contributed by atoms with Crippen LogP contribution in [0.1, 0.15) is 31.2 Å². The van der Waals surface area contributed by atoms with E-state index in [0.717, 1.165) is 51.4 Å². The van der Waals surface area contributed by atoms with E-state index in [0.29, 0.717) is 24.6 Å². The van der Waals surface area contributed by atoms with Gasteiger partial charge in [0.2, 0.25) is 0 Å². The zero-order chi connectivity index (χ0) is 14.8. The fourth-order valence-corrected chi connectivity index (χ4v) is 3.08. The molecule has 0 radical (unpaired) electrons. The molecule has 1 aliphatic heterocycles. The predicted octanol–water partition coefficient (Wildman–Crippen LogP) is 3.07. The molecule has 1 saturated heterocycles. The lowest BCUT2D eigenvalue weighted by atomic mass is 9.97. The molecule has 3 rings (SSSR count). The summed E-state index contributed by atoms with van der Waals surface area (Å²) in [5.41, 5.74) is 0.259. The van der Waals surface area contributed by atoms with E-state index in [1.807, 2.05) is 0 Å². The Bertz CT molecular complexity index is 497.